The molecule has 0 amide bonds. The summed E-state index contributed by atoms with van der Waals surface area (Å²) in [5.74, 6) is 0.250. The molecule has 0 aliphatic heterocycles. The fourth-order valence-electron chi connectivity index (χ4n) is 1.98. The van der Waals surface area contributed by atoms with Gasteiger partial charge in [-0.25, -0.2) is 0 Å². The first-order valence-electron chi connectivity index (χ1n) is 5.81. The minimum absolute atomic E-state index is 0.0602. The molecule has 5 nitrogen and oxygen atoms in total. The molecule has 0 saturated heterocycles. The van der Waals surface area contributed by atoms with Crippen molar-refractivity contribution in [3.05, 3.63) is 40.2 Å². The maximum atomic E-state index is 12.1. The van der Waals surface area contributed by atoms with Crippen LogP contribution >= 0.6 is 0 Å². The second-order valence-corrected chi connectivity index (χ2v) is 4.23. The highest BCUT2D eigenvalue weighted by Crippen LogP contribution is 2.19. The highest BCUT2D eigenvalue weighted by molar-refractivity contribution is 5.82. The lowest BCUT2D eigenvalue weighted by Crippen LogP contribution is -2.17. The first-order chi connectivity index (χ1) is 9.06. The number of hydrogen-bond acceptors (Lipinski definition) is 4. The van der Waals surface area contributed by atoms with Crippen LogP contribution in [0.5, 0.6) is 5.75 Å². The number of fused-ring (bicyclic) bond motifs is 1. The van der Waals surface area contributed by atoms with Gasteiger partial charge in [-0.15, -0.1) is 0 Å². The number of aryl methyl sites for hydroxylation is 1. The number of benzene rings is 1. The number of ether oxygens (including phenoxy) is 2. The third-order valence-electron chi connectivity index (χ3n) is 2.99. The SMILES string of the molecule is COC(=O)Cn1cc(C)c(=O)c2cc(OC)ccc21. The fourth-order valence-corrected chi connectivity index (χ4v) is 1.98. The van der Waals surface area contributed by atoms with Crippen molar-refractivity contribution in [2.45, 2.75) is 13.5 Å². The Morgan fingerprint density at radius 3 is 2.68 bits per heavy atom. The van der Waals surface area contributed by atoms with Crippen LogP contribution in [0.1, 0.15) is 5.56 Å². The van der Waals surface area contributed by atoms with Crippen molar-refractivity contribution in [2.75, 3.05) is 14.2 Å². The van der Waals surface area contributed by atoms with Gasteiger partial charge in [-0.3, -0.25) is 9.59 Å². The zero-order valence-corrected chi connectivity index (χ0v) is 11.1. The Morgan fingerprint density at radius 1 is 1.32 bits per heavy atom. The monoisotopic (exact) mass is 261 g/mol. The van der Waals surface area contributed by atoms with E-state index < -0.39 is 0 Å². The van der Waals surface area contributed by atoms with Crippen molar-refractivity contribution >= 4 is 16.9 Å². The van der Waals surface area contributed by atoms with E-state index in [1.165, 1.54) is 7.11 Å². The maximum Gasteiger partial charge on any atom is 0.325 e. The van der Waals surface area contributed by atoms with Crippen LogP contribution in [0.3, 0.4) is 0 Å². The summed E-state index contributed by atoms with van der Waals surface area (Å²) in [6.07, 6.45) is 1.66. The number of rotatable bonds is 3. The van der Waals surface area contributed by atoms with Gasteiger partial charge in [0.2, 0.25) is 0 Å². The number of carbonyl (C=O) groups is 1. The Hall–Kier alpha value is -2.30. The van der Waals surface area contributed by atoms with Gasteiger partial charge in [0.05, 0.1) is 19.7 Å². The lowest BCUT2D eigenvalue weighted by atomic mass is 10.1. The highest BCUT2D eigenvalue weighted by Gasteiger charge is 2.10. The molecule has 0 fully saturated rings. The summed E-state index contributed by atoms with van der Waals surface area (Å²) in [5, 5.41) is 0.531. The number of nitrogens with zero attached hydrogens (tertiary/aromatic N) is 1. The molecule has 1 aromatic carbocycles. The van der Waals surface area contributed by atoms with E-state index in [0.717, 1.165) is 0 Å². The van der Waals surface area contributed by atoms with Crippen molar-refractivity contribution in [2.24, 2.45) is 0 Å². The van der Waals surface area contributed by atoms with Gasteiger partial charge in [0, 0.05) is 17.1 Å². The summed E-state index contributed by atoms with van der Waals surface area (Å²) in [6, 6.07) is 5.20. The van der Waals surface area contributed by atoms with E-state index in [1.807, 2.05) is 0 Å². The van der Waals surface area contributed by atoms with Crippen molar-refractivity contribution in [3.63, 3.8) is 0 Å². The molecule has 100 valence electrons. The molecule has 0 aliphatic carbocycles. The van der Waals surface area contributed by atoms with E-state index in [-0.39, 0.29) is 17.9 Å². The van der Waals surface area contributed by atoms with Gasteiger partial charge in [-0.05, 0) is 25.1 Å². The van der Waals surface area contributed by atoms with Gasteiger partial charge < -0.3 is 14.0 Å². The molecule has 1 heterocycles. The molecule has 0 bridgehead atoms. The maximum absolute atomic E-state index is 12.1. The summed E-state index contributed by atoms with van der Waals surface area (Å²) in [7, 11) is 2.88. The quantitative estimate of drug-likeness (QED) is 0.785. The molecule has 0 N–H and O–H groups in total. The first-order valence-corrected chi connectivity index (χ1v) is 5.81. The molecular weight excluding hydrogens is 246 g/mol. The molecular formula is C14H15NO4. The van der Waals surface area contributed by atoms with Crippen molar-refractivity contribution in [1.82, 2.24) is 4.57 Å². The van der Waals surface area contributed by atoms with Crippen LogP contribution in [0.4, 0.5) is 0 Å². The van der Waals surface area contributed by atoms with Crippen LogP contribution in [-0.2, 0) is 16.1 Å². The molecule has 0 radical (unpaired) electrons. The minimum Gasteiger partial charge on any atom is -0.497 e. The molecule has 0 spiro atoms. The molecule has 19 heavy (non-hydrogen) atoms. The van der Waals surface area contributed by atoms with Gasteiger partial charge in [0.25, 0.3) is 0 Å². The first kappa shape index (κ1) is 13.1. The van der Waals surface area contributed by atoms with Gasteiger partial charge in [-0.1, -0.05) is 0 Å². The number of methoxy groups -OCH3 is 2. The second kappa shape index (κ2) is 5.14. The predicted molar refractivity (Wildman–Crippen MR) is 71.5 cm³/mol. The van der Waals surface area contributed by atoms with Crippen molar-refractivity contribution < 1.29 is 14.3 Å². The van der Waals surface area contributed by atoms with Gasteiger partial charge in [0.15, 0.2) is 5.43 Å². The molecule has 2 aromatic rings. The topological polar surface area (TPSA) is 57.5 Å². The van der Waals surface area contributed by atoms with Crippen LogP contribution in [0.2, 0.25) is 0 Å². The summed E-state index contributed by atoms with van der Waals surface area (Å²) in [5.41, 5.74) is 1.20. The third kappa shape index (κ3) is 2.45. The van der Waals surface area contributed by atoms with Gasteiger partial charge in [0.1, 0.15) is 12.3 Å². The zero-order chi connectivity index (χ0) is 14.0. The smallest absolute Gasteiger partial charge is 0.325 e. The van der Waals surface area contributed by atoms with Crippen LogP contribution in [0.15, 0.2) is 29.2 Å². The van der Waals surface area contributed by atoms with E-state index in [0.29, 0.717) is 22.2 Å². The number of aromatic nitrogens is 1. The van der Waals surface area contributed by atoms with E-state index in [4.69, 9.17) is 4.74 Å². The van der Waals surface area contributed by atoms with E-state index >= 15 is 0 Å². The molecule has 1 aromatic heterocycles. The summed E-state index contributed by atoms with van der Waals surface area (Å²) >= 11 is 0. The molecule has 0 atom stereocenters. The average molecular weight is 261 g/mol. The Balaban J connectivity index is 2.68. The Labute approximate surface area is 110 Å². The molecule has 0 aliphatic rings. The van der Waals surface area contributed by atoms with Crippen LogP contribution in [-0.4, -0.2) is 24.8 Å². The van der Waals surface area contributed by atoms with Crippen LogP contribution in [0.25, 0.3) is 10.9 Å². The number of hydrogen-bond donors (Lipinski definition) is 0. The van der Waals surface area contributed by atoms with E-state index in [2.05, 4.69) is 4.74 Å². The molecule has 2 rings (SSSR count). The van der Waals surface area contributed by atoms with E-state index in [1.54, 1.807) is 43.0 Å². The van der Waals surface area contributed by atoms with Crippen LogP contribution < -0.4 is 10.2 Å². The number of pyridine rings is 1. The Bertz CT molecular complexity index is 688. The minimum atomic E-state index is -0.361. The fraction of sp³-hybridized carbons (Fsp3) is 0.286. The Kier molecular flexibility index (Phi) is 3.55. The van der Waals surface area contributed by atoms with Gasteiger partial charge in [-0.2, -0.15) is 0 Å². The van der Waals surface area contributed by atoms with Crippen molar-refractivity contribution in [1.29, 1.82) is 0 Å². The number of carbonyl (C=O) groups excluding carboxylic acids is 1. The summed E-state index contributed by atoms with van der Waals surface area (Å²) in [4.78, 5) is 23.5. The predicted octanol–water partition coefficient (Wildman–Crippen LogP) is 1.49. The number of esters is 1. The molecule has 5 heteroatoms. The lowest BCUT2D eigenvalue weighted by Gasteiger charge is -2.11. The third-order valence-corrected chi connectivity index (χ3v) is 2.99. The van der Waals surface area contributed by atoms with Crippen molar-refractivity contribution in [3.8, 4) is 5.75 Å². The molecule has 0 saturated carbocycles. The zero-order valence-electron chi connectivity index (χ0n) is 11.1. The normalized spacial score (nSPS) is 10.5. The summed E-state index contributed by atoms with van der Waals surface area (Å²) < 4.78 is 11.5. The van der Waals surface area contributed by atoms with E-state index in [9.17, 15) is 9.59 Å². The highest BCUT2D eigenvalue weighted by atomic mass is 16.5. The van der Waals surface area contributed by atoms with Gasteiger partial charge >= 0.3 is 5.97 Å². The van der Waals surface area contributed by atoms with Crippen LogP contribution in [0, 0.1) is 6.92 Å². The summed E-state index contributed by atoms with van der Waals surface area (Å²) in [6.45, 7) is 1.79. The second-order valence-electron chi connectivity index (χ2n) is 4.23. The standard InChI is InChI=1S/C14H15NO4/c1-9-7-15(8-13(16)19-3)12-5-4-10(18-2)6-11(12)14(9)17/h4-7H,8H2,1-3H3. The average Bonchev–Trinajstić information content (AvgIpc) is 2.43. The Morgan fingerprint density at radius 2 is 2.05 bits per heavy atom. The largest absolute Gasteiger partial charge is 0.497 e. The molecule has 0 unspecified atom stereocenters. The lowest BCUT2D eigenvalue weighted by molar-refractivity contribution is -0.141.